The Hall–Kier alpha value is -3.10. The maximum Gasteiger partial charge on any atom is 0.329 e. The van der Waals surface area contributed by atoms with Crippen LogP contribution in [0, 0.1) is 5.92 Å². The summed E-state index contributed by atoms with van der Waals surface area (Å²) in [6.07, 6.45) is 4.18. The van der Waals surface area contributed by atoms with Gasteiger partial charge in [-0.2, -0.15) is 0 Å². The zero-order chi connectivity index (χ0) is 24.4. The molecule has 3 fully saturated rings. The lowest BCUT2D eigenvalue weighted by molar-refractivity contribution is -0.196. The minimum atomic E-state index is -1.05. The fourth-order valence-electron chi connectivity index (χ4n) is 8.20. The molecule has 1 unspecified atom stereocenters. The molecule has 5 atom stereocenters. The summed E-state index contributed by atoms with van der Waals surface area (Å²) in [7, 11) is 0. The summed E-state index contributed by atoms with van der Waals surface area (Å²) in [6, 6.07) is 10.1. The second kappa shape index (κ2) is 6.81. The van der Waals surface area contributed by atoms with Crippen LogP contribution in [0.3, 0.4) is 0 Å². The van der Waals surface area contributed by atoms with Gasteiger partial charge in [-0.25, -0.2) is 4.79 Å². The number of fused-ring (bicyclic) bond motifs is 1. The molecule has 36 heavy (non-hydrogen) atoms. The predicted octanol–water partition coefficient (Wildman–Crippen LogP) is 2.20. The number of hydrogen-bond donors (Lipinski definition) is 3. The van der Waals surface area contributed by atoms with Crippen molar-refractivity contribution in [2.45, 2.75) is 67.7 Å². The minimum absolute atomic E-state index is 0.0477. The molecule has 3 aromatic rings. The summed E-state index contributed by atoms with van der Waals surface area (Å²) in [5, 5.41) is 23.9. The molecule has 2 aromatic carbocycles. The van der Waals surface area contributed by atoms with E-state index in [0.717, 1.165) is 24.2 Å². The Kier molecular flexibility index (Phi) is 3.98. The Morgan fingerprint density at radius 3 is 2.75 bits per heavy atom. The Morgan fingerprint density at radius 1 is 1.08 bits per heavy atom. The molecule has 2 aliphatic heterocycles. The highest BCUT2D eigenvalue weighted by molar-refractivity contribution is 5.77. The van der Waals surface area contributed by atoms with Gasteiger partial charge in [-0.15, -0.1) is 0 Å². The van der Waals surface area contributed by atoms with Crippen molar-refractivity contribution in [1.29, 1.82) is 0 Å². The van der Waals surface area contributed by atoms with Gasteiger partial charge < -0.3 is 19.9 Å². The summed E-state index contributed by atoms with van der Waals surface area (Å²) in [5.74, 6) is 1.18. The fraction of sp³-hybridized carbons (Fsp3) is 0.500. The second-order valence-electron chi connectivity index (χ2n) is 11.5. The molecular formula is C28H29N3O5. The monoisotopic (exact) mass is 487 g/mol. The van der Waals surface area contributed by atoms with Crippen LogP contribution in [0.15, 0.2) is 46.0 Å². The number of aliphatic hydroxyl groups is 1. The van der Waals surface area contributed by atoms with Crippen LogP contribution in [0.25, 0.3) is 10.9 Å². The van der Waals surface area contributed by atoms with Gasteiger partial charge in [-0.1, -0.05) is 18.2 Å². The van der Waals surface area contributed by atoms with Gasteiger partial charge >= 0.3 is 5.69 Å². The third-order valence-corrected chi connectivity index (χ3v) is 9.90. The molecule has 2 saturated carbocycles. The molecule has 0 radical (unpaired) electrons. The molecule has 1 saturated heterocycles. The number of nitrogens with zero attached hydrogens (tertiary/aromatic N) is 2. The average Bonchev–Trinajstić information content (AvgIpc) is 3.60. The minimum Gasteiger partial charge on any atom is -0.504 e. The molecule has 8 rings (SSSR count). The number of rotatable bonds is 3. The van der Waals surface area contributed by atoms with Crippen molar-refractivity contribution in [3.8, 4) is 11.5 Å². The zero-order valence-corrected chi connectivity index (χ0v) is 19.9. The van der Waals surface area contributed by atoms with E-state index in [1.54, 1.807) is 30.3 Å². The van der Waals surface area contributed by atoms with E-state index in [1.807, 2.05) is 6.07 Å². The Labute approximate surface area is 207 Å². The highest BCUT2D eigenvalue weighted by Crippen LogP contribution is 2.67. The van der Waals surface area contributed by atoms with E-state index >= 15 is 0 Å². The van der Waals surface area contributed by atoms with E-state index < -0.39 is 28.9 Å². The van der Waals surface area contributed by atoms with E-state index in [0.29, 0.717) is 48.3 Å². The highest BCUT2D eigenvalue weighted by Gasteiger charge is 2.73. The van der Waals surface area contributed by atoms with Gasteiger partial charge in [0.15, 0.2) is 11.5 Å². The van der Waals surface area contributed by atoms with Gasteiger partial charge in [0.25, 0.3) is 5.56 Å². The second-order valence-corrected chi connectivity index (χ2v) is 11.5. The number of ether oxygens (including phenoxy) is 1. The number of phenols is 1. The molecular weight excluding hydrogens is 458 g/mol. The number of aromatic amines is 1. The van der Waals surface area contributed by atoms with Crippen LogP contribution in [0.5, 0.6) is 11.5 Å². The lowest BCUT2D eigenvalue weighted by Gasteiger charge is -2.64. The number of aromatic nitrogens is 2. The number of para-hydroxylation sites is 1. The number of nitrogens with one attached hydrogen (secondary N) is 1. The van der Waals surface area contributed by atoms with Gasteiger partial charge in [0.1, 0.15) is 6.10 Å². The molecule has 8 nitrogen and oxygen atoms in total. The highest BCUT2D eigenvalue weighted by atomic mass is 16.5. The maximum absolute atomic E-state index is 13.6. The normalized spacial score (nSPS) is 34.4. The Morgan fingerprint density at radius 2 is 1.92 bits per heavy atom. The first-order valence-electron chi connectivity index (χ1n) is 13.1. The molecule has 1 aromatic heterocycles. The van der Waals surface area contributed by atoms with Crippen LogP contribution >= 0.6 is 0 Å². The van der Waals surface area contributed by atoms with Crippen molar-refractivity contribution in [3.05, 3.63) is 68.4 Å². The van der Waals surface area contributed by atoms with Crippen molar-refractivity contribution >= 4 is 10.9 Å². The van der Waals surface area contributed by atoms with Crippen molar-refractivity contribution in [2.75, 3.05) is 13.1 Å². The molecule has 0 amide bonds. The number of likely N-dealkylation sites (tertiary alicyclic amines) is 1. The predicted molar refractivity (Wildman–Crippen MR) is 133 cm³/mol. The van der Waals surface area contributed by atoms with Crippen LogP contribution in [-0.2, 0) is 11.8 Å². The quantitative estimate of drug-likeness (QED) is 0.523. The molecule has 2 bridgehead atoms. The zero-order valence-electron chi connectivity index (χ0n) is 19.9. The van der Waals surface area contributed by atoms with E-state index in [1.165, 1.54) is 17.4 Å². The molecule has 3 heterocycles. The van der Waals surface area contributed by atoms with Crippen LogP contribution in [0.1, 0.15) is 49.3 Å². The van der Waals surface area contributed by atoms with Gasteiger partial charge in [-0.05, 0) is 74.8 Å². The molecule has 8 heteroatoms. The van der Waals surface area contributed by atoms with Crippen LogP contribution in [0.4, 0.5) is 0 Å². The fourth-order valence-corrected chi connectivity index (χ4v) is 8.20. The first kappa shape index (κ1) is 21.0. The number of aromatic hydroxyl groups is 1. The third-order valence-electron chi connectivity index (χ3n) is 9.90. The first-order valence-corrected chi connectivity index (χ1v) is 13.1. The summed E-state index contributed by atoms with van der Waals surface area (Å²) >= 11 is 0. The smallest absolute Gasteiger partial charge is 0.329 e. The van der Waals surface area contributed by atoms with Crippen molar-refractivity contribution in [3.63, 3.8) is 0 Å². The molecule has 186 valence electrons. The molecule has 5 aliphatic rings. The summed E-state index contributed by atoms with van der Waals surface area (Å²) in [5.41, 5.74) is -0.138. The Balaban J connectivity index is 1.34. The third kappa shape index (κ3) is 2.42. The van der Waals surface area contributed by atoms with Crippen molar-refractivity contribution in [2.24, 2.45) is 5.92 Å². The van der Waals surface area contributed by atoms with E-state index in [-0.39, 0.29) is 17.4 Å². The summed E-state index contributed by atoms with van der Waals surface area (Å²) in [4.78, 5) is 32.3. The van der Waals surface area contributed by atoms with Crippen LogP contribution < -0.4 is 16.0 Å². The van der Waals surface area contributed by atoms with Gasteiger partial charge in [0, 0.05) is 18.2 Å². The van der Waals surface area contributed by atoms with Gasteiger partial charge in [0.05, 0.1) is 28.0 Å². The van der Waals surface area contributed by atoms with Gasteiger partial charge in [0.2, 0.25) is 0 Å². The van der Waals surface area contributed by atoms with Crippen molar-refractivity contribution in [1.82, 2.24) is 14.5 Å². The summed E-state index contributed by atoms with van der Waals surface area (Å²) in [6.45, 7) is 1.83. The SMILES string of the molecule is O=c1[nH]c2ccccc2c(=O)n1[C@@H]1CCC2(O)[C@H]3Cc4ccc(O)c5c4[C@@]2(CCN3CC2CC2)[C@H]1O5. The lowest BCUT2D eigenvalue weighted by atomic mass is 9.48. The number of phenolic OH excluding ortho intramolecular Hbond substituents is 1. The standard InChI is InChI=1S/C28H29N3O5/c32-20-8-7-16-13-21-28(35)10-9-19(31-25(33)17-3-1-2-4-18(17)29-26(31)34)24-27(28,22(16)23(20)36-24)11-12-30(21)14-15-5-6-15/h1-4,7-8,15,19,21,24,32,35H,5-6,9-14H2,(H,29,34)/t19-,21-,24+,27+,28?/m1/s1. The number of hydrogen-bond acceptors (Lipinski definition) is 6. The Bertz CT molecular complexity index is 1560. The van der Waals surface area contributed by atoms with E-state index in [2.05, 4.69) is 9.88 Å². The van der Waals surface area contributed by atoms with Gasteiger partial charge in [-0.3, -0.25) is 14.3 Å². The van der Waals surface area contributed by atoms with Crippen LogP contribution in [0.2, 0.25) is 0 Å². The van der Waals surface area contributed by atoms with E-state index in [9.17, 15) is 19.8 Å². The van der Waals surface area contributed by atoms with Crippen LogP contribution in [-0.4, -0.2) is 55.5 Å². The first-order chi connectivity index (χ1) is 17.4. The van der Waals surface area contributed by atoms with E-state index in [4.69, 9.17) is 4.74 Å². The summed E-state index contributed by atoms with van der Waals surface area (Å²) < 4.78 is 7.86. The number of benzene rings is 2. The molecule has 1 spiro atoms. The molecule has 3 aliphatic carbocycles. The number of H-pyrrole nitrogens is 1. The molecule has 3 N–H and O–H groups in total. The van der Waals surface area contributed by atoms with Crippen molar-refractivity contribution < 1.29 is 14.9 Å². The lowest BCUT2D eigenvalue weighted by Crippen LogP contribution is -2.76. The largest absolute Gasteiger partial charge is 0.504 e. The topological polar surface area (TPSA) is 108 Å². The number of piperidine rings is 1. The maximum atomic E-state index is 13.6. The average molecular weight is 488 g/mol.